The van der Waals surface area contributed by atoms with Crippen molar-refractivity contribution in [1.29, 1.82) is 0 Å². The van der Waals surface area contributed by atoms with Crippen LogP contribution in [0.3, 0.4) is 0 Å². The van der Waals surface area contributed by atoms with Gasteiger partial charge in [0.15, 0.2) is 5.78 Å². The summed E-state index contributed by atoms with van der Waals surface area (Å²) in [6.07, 6.45) is -5.22. The number of carbonyl (C=O) groups is 5. The summed E-state index contributed by atoms with van der Waals surface area (Å²) in [6.45, 7) is 2.20. The van der Waals surface area contributed by atoms with E-state index in [0.717, 1.165) is 27.7 Å². The van der Waals surface area contributed by atoms with Gasteiger partial charge in [0.25, 0.3) is 0 Å². The van der Waals surface area contributed by atoms with Crippen LogP contribution in [-0.4, -0.2) is 110 Å². The Balaban J connectivity index is -0.0000000322. The number of ketones is 1. The number of aliphatic hydroxyl groups excluding tert-OH is 5. The molecule has 0 rings (SSSR count). The zero-order valence-electron chi connectivity index (χ0n) is 17.5. The molecule has 0 amide bonds. The molecular formula is C14H24Cl2MgO14Zr. The van der Waals surface area contributed by atoms with Gasteiger partial charge in [-0.25, -0.2) is 0 Å². The number of aliphatic hydroxyl groups is 5. The first kappa shape index (κ1) is 57.9. The predicted molar refractivity (Wildman–Crippen MR) is 85.7 cm³/mol. The molecule has 5 N–H and O–H groups in total. The molecule has 0 aromatic heterocycles. The van der Waals surface area contributed by atoms with Crippen LogP contribution in [0.15, 0.2) is 0 Å². The van der Waals surface area contributed by atoms with E-state index in [4.69, 9.17) is 65.1 Å². The molecule has 18 heteroatoms. The zero-order valence-corrected chi connectivity index (χ0v) is 22.9. The van der Waals surface area contributed by atoms with Crippen molar-refractivity contribution in [2.24, 2.45) is 0 Å². The summed E-state index contributed by atoms with van der Waals surface area (Å²) >= 11 is 0. The quantitative estimate of drug-likeness (QED) is 0.183. The van der Waals surface area contributed by atoms with Crippen molar-refractivity contribution in [3.63, 3.8) is 0 Å². The van der Waals surface area contributed by atoms with Gasteiger partial charge in [0, 0.05) is 23.9 Å². The van der Waals surface area contributed by atoms with Crippen LogP contribution in [0, 0.1) is 0 Å². The molecule has 0 aromatic carbocycles. The maximum Gasteiger partial charge on any atom is 4.00 e. The third-order valence-corrected chi connectivity index (χ3v) is 1.39. The molecular weight excluding hydrogens is 579 g/mol. The fourth-order valence-electron chi connectivity index (χ4n) is 0.602. The van der Waals surface area contributed by atoms with Crippen molar-refractivity contribution >= 4 is 52.7 Å². The maximum absolute atomic E-state index is 10.5. The fourth-order valence-corrected chi connectivity index (χ4v) is 0.602. The van der Waals surface area contributed by atoms with Gasteiger partial charge in [0.1, 0.15) is 24.9 Å². The largest absolute Gasteiger partial charge is 4.00 e. The van der Waals surface area contributed by atoms with Gasteiger partial charge >= 0.3 is 49.3 Å². The number of carboxylic acids is 4. The van der Waals surface area contributed by atoms with Crippen molar-refractivity contribution in [1.82, 2.24) is 0 Å². The molecule has 0 aromatic rings. The van der Waals surface area contributed by atoms with E-state index in [1.807, 2.05) is 0 Å². The van der Waals surface area contributed by atoms with E-state index in [1.165, 1.54) is 0 Å². The molecule has 0 unspecified atom stereocenters. The van der Waals surface area contributed by atoms with Gasteiger partial charge in [-0.1, -0.05) is 0 Å². The van der Waals surface area contributed by atoms with Crippen molar-refractivity contribution in [3.8, 4) is 0 Å². The van der Waals surface area contributed by atoms with Crippen LogP contribution in [0.1, 0.15) is 27.7 Å². The van der Waals surface area contributed by atoms with Crippen LogP contribution in [-0.2, 0) is 50.2 Å². The Bertz CT molecular complexity index is 407. The molecule has 0 spiro atoms. The molecule has 3 atom stereocenters. The first-order valence-corrected chi connectivity index (χ1v) is 6.96. The summed E-state index contributed by atoms with van der Waals surface area (Å²) in [5.74, 6) is -5.34. The third-order valence-electron chi connectivity index (χ3n) is 1.39. The number of aliphatic carboxylic acids is 4. The van der Waals surface area contributed by atoms with Crippen molar-refractivity contribution in [2.45, 2.75) is 46.0 Å². The predicted octanol–water partition coefficient (Wildman–Crippen LogP) is -14.7. The molecule has 14 nitrogen and oxygen atoms in total. The summed E-state index contributed by atoms with van der Waals surface area (Å²) < 4.78 is 0. The molecule has 0 bridgehead atoms. The van der Waals surface area contributed by atoms with Crippen LogP contribution < -0.4 is 45.2 Å². The van der Waals surface area contributed by atoms with E-state index in [-0.39, 0.29) is 74.1 Å². The fraction of sp³-hybridized carbons (Fsp3) is 0.643. The summed E-state index contributed by atoms with van der Waals surface area (Å²) in [4.78, 5) is 46.1. The van der Waals surface area contributed by atoms with Gasteiger partial charge in [-0.3, -0.25) is 4.79 Å². The van der Waals surface area contributed by atoms with E-state index in [0.29, 0.717) is 0 Å². The Morgan fingerprint density at radius 1 is 0.688 bits per heavy atom. The Morgan fingerprint density at radius 3 is 1.00 bits per heavy atom. The number of Topliss-reactive ketones (excluding diaryl/α,β-unsaturated/α-hetero) is 1. The normalized spacial score (nSPS) is 10.0. The Labute approximate surface area is 231 Å². The molecule has 0 aliphatic carbocycles. The average Bonchev–Trinajstić information content (AvgIpc) is 2.49. The number of hydrogen-bond donors (Lipinski definition) is 5. The molecule has 0 heterocycles. The second-order valence-electron chi connectivity index (χ2n) is 4.28. The van der Waals surface area contributed by atoms with E-state index < -0.39 is 61.2 Å². The number of carbonyl (C=O) groups excluding carboxylic acids is 5. The van der Waals surface area contributed by atoms with Crippen LogP contribution in [0.4, 0.5) is 0 Å². The molecule has 0 fully saturated rings. The minimum atomic E-state index is -1.86. The van der Waals surface area contributed by atoms with E-state index in [1.54, 1.807) is 0 Å². The van der Waals surface area contributed by atoms with Gasteiger partial charge in [-0.15, -0.1) is 0 Å². The number of hydrogen-bond acceptors (Lipinski definition) is 14. The van der Waals surface area contributed by atoms with Gasteiger partial charge in [0.05, 0.1) is 6.61 Å². The van der Waals surface area contributed by atoms with Gasteiger partial charge in [-0.05, 0) is 27.7 Å². The van der Waals surface area contributed by atoms with Crippen molar-refractivity contribution in [3.05, 3.63) is 0 Å². The van der Waals surface area contributed by atoms with Gasteiger partial charge < -0.3 is 90.0 Å². The van der Waals surface area contributed by atoms with Gasteiger partial charge in [0.2, 0.25) is 0 Å². The molecule has 0 aliphatic rings. The molecule has 32 heavy (non-hydrogen) atoms. The van der Waals surface area contributed by atoms with Crippen molar-refractivity contribution < 1.29 is 121 Å². The Kier molecular flexibility index (Phi) is 74.0. The van der Waals surface area contributed by atoms with Crippen LogP contribution >= 0.6 is 0 Å². The van der Waals surface area contributed by atoms with E-state index in [9.17, 15) is 4.79 Å². The topological polar surface area (TPSA) is 279 Å². The molecule has 184 valence electrons. The number of carboxylic acid groups (broad SMARTS) is 4. The summed E-state index contributed by atoms with van der Waals surface area (Å²) in [5.41, 5.74) is 0. The molecule has 0 aliphatic heterocycles. The Morgan fingerprint density at radius 2 is 0.875 bits per heavy atom. The average molecular weight is 603 g/mol. The maximum atomic E-state index is 10.5. The zero-order chi connectivity index (χ0) is 24.0. The number of halogens is 2. The minimum Gasteiger partial charge on any atom is -1.00 e. The van der Waals surface area contributed by atoms with E-state index >= 15 is 0 Å². The SMILES string of the molecule is CC(=O)[O-].CC(=O)[O-].CC(=O)[O-].CC(=O)[O-].O=C(CO)[C@@H](O)[C@H](O)[C@H](O)CO.[Cl-].[Cl-].[Mg+2].[Zr+4]. The first-order chi connectivity index (χ1) is 12.5. The van der Waals surface area contributed by atoms with Crippen LogP contribution in [0.5, 0.6) is 0 Å². The third kappa shape index (κ3) is 99.5. The van der Waals surface area contributed by atoms with Gasteiger partial charge in [-0.2, -0.15) is 0 Å². The molecule has 0 saturated carbocycles. The summed E-state index contributed by atoms with van der Waals surface area (Å²) in [6, 6.07) is 0. The van der Waals surface area contributed by atoms with Crippen LogP contribution in [0.25, 0.3) is 0 Å². The second-order valence-corrected chi connectivity index (χ2v) is 4.28. The monoisotopic (exact) mass is 600 g/mol. The standard InChI is InChI=1S/C6H12O6.4C2H4O2.2ClH.Mg.Zr/c7-1-3(9)5(11)6(12)4(10)2-8;4*1-2(3)4;;;;/h3,5-9,11-12H,1-2H2;4*1H3,(H,3,4);2*1H;;/q;;;;;;;+2;+4/p-6/t3-,5-,6-;;;;;;;;/m1......../s1. The van der Waals surface area contributed by atoms with E-state index in [2.05, 4.69) is 0 Å². The van der Waals surface area contributed by atoms with Crippen LogP contribution in [0.2, 0.25) is 0 Å². The van der Waals surface area contributed by atoms with Crippen molar-refractivity contribution in [2.75, 3.05) is 13.2 Å². The Hall–Kier alpha value is -0.421. The smallest absolute Gasteiger partial charge is 1.00 e. The summed E-state index contributed by atoms with van der Waals surface area (Å²) in [5, 5.41) is 78.6. The molecule has 0 saturated heterocycles. The number of rotatable bonds is 5. The first-order valence-electron chi connectivity index (χ1n) is 6.96. The molecule has 0 radical (unpaired) electrons. The summed E-state index contributed by atoms with van der Waals surface area (Å²) in [7, 11) is 0. The minimum absolute atomic E-state index is 0. The second kappa shape index (κ2) is 40.9.